The highest BCUT2D eigenvalue weighted by atomic mass is 16.5. The Labute approximate surface area is 77.0 Å². The maximum absolute atomic E-state index is 11.3. The number of aromatic nitrogens is 2. The van der Waals surface area contributed by atoms with Gasteiger partial charge < -0.3 is 4.74 Å². The molecule has 0 unspecified atom stereocenters. The van der Waals surface area contributed by atoms with Crippen molar-refractivity contribution in [3.05, 3.63) is 23.3 Å². The van der Waals surface area contributed by atoms with E-state index in [-0.39, 0.29) is 0 Å². The summed E-state index contributed by atoms with van der Waals surface area (Å²) >= 11 is 0. The number of carbonyl (C=O) groups excluding carboxylic acids is 1. The van der Waals surface area contributed by atoms with Crippen LogP contribution in [-0.2, 0) is 4.74 Å². The molecule has 0 fully saturated rings. The molecule has 0 aliphatic heterocycles. The third-order valence-corrected chi connectivity index (χ3v) is 1.54. The fourth-order valence-corrected chi connectivity index (χ4v) is 0.930. The predicted octanol–water partition coefficient (Wildman–Crippen LogP) is 1.27. The first-order valence-corrected chi connectivity index (χ1v) is 4.12. The van der Waals surface area contributed by atoms with Crippen LogP contribution in [0.4, 0.5) is 0 Å². The number of ether oxygens (including phenoxy) is 1. The molecule has 0 aliphatic rings. The summed E-state index contributed by atoms with van der Waals surface area (Å²) in [6, 6.07) is 0. The number of aryl methyl sites for hydroxylation is 2. The van der Waals surface area contributed by atoms with E-state index < -0.39 is 5.97 Å². The molecule has 4 nitrogen and oxygen atoms in total. The number of nitrogens with zero attached hydrogens (tertiary/aromatic N) is 2. The fraction of sp³-hybridized carbons (Fsp3) is 0.444. The van der Waals surface area contributed by atoms with Crippen LogP contribution in [0.3, 0.4) is 0 Å². The molecule has 0 radical (unpaired) electrons. The fourth-order valence-electron chi connectivity index (χ4n) is 0.930. The van der Waals surface area contributed by atoms with Gasteiger partial charge in [-0.05, 0) is 20.8 Å². The molecule has 0 aromatic carbocycles. The van der Waals surface area contributed by atoms with Gasteiger partial charge in [-0.15, -0.1) is 0 Å². The molecule has 0 N–H and O–H groups in total. The van der Waals surface area contributed by atoms with Gasteiger partial charge in [-0.1, -0.05) is 0 Å². The van der Waals surface area contributed by atoms with Crippen LogP contribution >= 0.6 is 0 Å². The van der Waals surface area contributed by atoms with Crippen LogP contribution in [-0.4, -0.2) is 22.5 Å². The Hall–Kier alpha value is -1.45. The van der Waals surface area contributed by atoms with Gasteiger partial charge in [0.1, 0.15) is 0 Å². The highest BCUT2D eigenvalue weighted by Gasteiger charge is 2.12. The van der Waals surface area contributed by atoms with E-state index in [9.17, 15) is 4.79 Å². The van der Waals surface area contributed by atoms with Gasteiger partial charge >= 0.3 is 5.97 Å². The van der Waals surface area contributed by atoms with Crippen molar-refractivity contribution in [1.82, 2.24) is 9.97 Å². The molecule has 0 saturated carbocycles. The second kappa shape index (κ2) is 3.98. The largest absolute Gasteiger partial charge is 0.461 e. The van der Waals surface area contributed by atoms with Crippen LogP contribution in [0.2, 0.25) is 0 Å². The van der Waals surface area contributed by atoms with Gasteiger partial charge in [-0.3, -0.25) is 4.98 Å². The minimum Gasteiger partial charge on any atom is -0.461 e. The lowest BCUT2D eigenvalue weighted by Gasteiger charge is -2.03. The smallest absolute Gasteiger partial charge is 0.358 e. The normalized spacial score (nSPS) is 9.77. The topological polar surface area (TPSA) is 52.1 Å². The Bertz CT molecular complexity index is 323. The molecular formula is C9H12N2O2. The van der Waals surface area contributed by atoms with Crippen LogP contribution in [0.15, 0.2) is 6.20 Å². The average molecular weight is 180 g/mol. The molecule has 0 spiro atoms. The Morgan fingerprint density at radius 2 is 2.23 bits per heavy atom. The molecule has 0 aliphatic carbocycles. The molecule has 70 valence electrons. The molecule has 0 bridgehead atoms. The summed E-state index contributed by atoms with van der Waals surface area (Å²) in [4.78, 5) is 19.4. The van der Waals surface area contributed by atoms with E-state index in [2.05, 4.69) is 9.97 Å². The highest BCUT2D eigenvalue weighted by Crippen LogP contribution is 2.03. The molecule has 1 heterocycles. The minimum atomic E-state index is -0.406. The van der Waals surface area contributed by atoms with E-state index in [0.717, 1.165) is 0 Å². The van der Waals surface area contributed by atoms with Gasteiger partial charge in [0.2, 0.25) is 0 Å². The Balaban J connectivity index is 2.99. The monoisotopic (exact) mass is 180 g/mol. The van der Waals surface area contributed by atoms with E-state index in [0.29, 0.717) is 23.7 Å². The zero-order chi connectivity index (χ0) is 9.84. The predicted molar refractivity (Wildman–Crippen MR) is 47.5 cm³/mol. The lowest BCUT2D eigenvalue weighted by atomic mass is 10.3. The first kappa shape index (κ1) is 9.64. The lowest BCUT2D eigenvalue weighted by Crippen LogP contribution is -2.11. The van der Waals surface area contributed by atoms with Crippen molar-refractivity contribution < 1.29 is 9.53 Å². The SMILES string of the molecule is CCOC(=O)c1nc(C)cnc1C. The quantitative estimate of drug-likeness (QED) is 0.643. The van der Waals surface area contributed by atoms with E-state index in [1.54, 1.807) is 27.0 Å². The highest BCUT2D eigenvalue weighted by molar-refractivity contribution is 5.88. The van der Waals surface area contributed by atoms with Crippen LogP contribution in [0, 0.1) is 13.8 Å². The maximum atomic E-state index is 11.3. The summed E-state index contributed by atoms with van der Waals surface area (Å²) in [5.41, 5.74) is 1.62. The van der Waals surface area contributed by atoms with Gasteiger partial charge in [0, 0.05) is 6.20 Å². The van der Waals surface area contributed by atoms with Crippen LogP contribution < -0.4 is 0 Å². The third kappa shape index (κ3) is 2.24. The number of esters is 1. The summed E-state index contributed by atoms with van der Waals surface area (Å²) in [6.45, 7) is 5.64. The van der Waals surface area contributed by atoms with Gasteiger partial charge in [0.15, 0.2) is 5.69 Å². The number of carbonyl (C=O) groups is 1. The van der Waals surface area contributed by atoms with Crippen molar-refractivity contribution >= 4 is 5.97 Å². The Kier molecular flexibility index (Phi) is 2.95. The summed E-state index contributed by atoms with van der Waals surface area (Å²) in [5.74, 6) is -0.406. The molecule has 0 amide bonds. The van der Waals surface area contributed by atoms with Crippen LogP contribution in [0.1, 0.15) is 28.8 Å². The Morgan fingerprint density at radius 1 is 1.54 bits per heavy atom. The second-order valence-electron chi connectivity index (χ2n) is 2.67. The molecule has 1 rings (SSSR count). The number of hydrogen-bond donors (Lipinski definition) is 0. The molecule has 0 atom stereocenters. The van der Waals surface area contributed by atoms with Crippen molar-refractivity contribution in [3.63, 3.8) is 0 Å². The third-order valence-electron chi connectivity index (χ3n) is 1.54. The summed E-state index contributed by atoms with van der Waals surface area (Å²) < 4.78 is 4.82. The zero-order valence-corrected chi connectivity index (χ0v) is 8.00. The molecular weight excluding hydrogens is 168 g/mol. The van der Waals surface area contributed by atoms with Crippen molar-refractivity contribution in [2.75, 3.05) is 6.61 Å². The molecule has 1 aromatic heterocycles. The molecule has 4 heteroatoms. The van der Waals surface area contributed by atoms with Crippen molar-refractivity contribution in [1.29, 1.82) is 0 Å². The van der Waals surface area contributed by atoms with Gasteiger partial charge in [-0.2, -0.15) is 0 Å². The standard InChI is InChI=1S/C9H12N2O2/c1-4-13-9(12)8-7(3)10-5-6(2)11-8/h5H,4H2,1-3H3. The first-order valence-electron chi connectivity index (χ1n) is 4.12. The first-order chi connectivity index (χ1) is 6.15. The second-order valence-corrected chi connectivity index (χ2v) is 2.67. The van der Waals surface area contributed by atoms with Crippen molar-refractivity contribution in [2.24, 2.45) is 0 Å². The van der Waals surface area contributed by atoms with E-state index >= 15 is 0 Å². The van der Waals surface area contributed by atoms with Crippen LogP contribution in [0.25, 0.3) is 0 Å². The van der Waals surface area contributed by atoms with Gasteiger partial charge in [-0.25, -0.2) is 9.78 Å². The van der Waals surface area contributed by atoms with Gasteiger partial charge in [0.05, 0.1) is 18.0 Å². The maximum Gasteiger partial charge on any atom is 0.358 e. The molecule has 1 aromatic rings. The number of rotatable bonds is 2. The Morgan fingerprint density at radius 3 is 2.85 bits per heavy atom. The van der Waals surface area contributed by atoms with Crippen molar-refractivity contribution in [2.45, 2.75) is 20.8 Å². The van der Waals surface area contributed by atoms with E-state index in [1.807, 2.05) is 0 Å². The van der Waals surface area contributed by atoms with Crippen molar-refractivity contribution in [3.8, 4) is 0 Å². The zero-order valence-electron chi connectivity index (χ0n) is 8.00. The average Bonchev–Trinajstić information content (AvgIpc) is 2.09. The van der Waals surface area contributed by atoms with E-state index in [1.165, 1.54) is 0 Å². The van der Waals surface area contributed by atoms with Gasteiger partial charge in [0.25, 0.3) is 0 Å². The minimum absolute atomic E-state index is 0.307. The molecule has 13 heavy (non-hydrogen) atoms. The van der Waals surface area contributed by atoms with E-state index in [4.69, 9.17) is 4.74 Å². The molecule has 0 saturated heterocycles. The van der Waals surface area contributed by atoms with Crippen LogP contribution in [0.5, 0.6) is 0 Å². The lowest BCUT2D eigenvalue weighted by molar-refractivity contribution is 0.0517. The summed E-state index contributed by atoms with van der Waals surface area (Å²) in [5, 5.41) is 0. The summed E-state index contributed by atoms with van der Waals surface area (Å²) in [7, 11) is 0. The summed E-state index contributed by atoms with van der Waals surface area (Å²) in [6.07, 6.45) is 1.62. The number of hydrogen-bond acceptors (Lipinski definition) is 4.